The number of hydrogen-bond acceptors (Lipinski definition) is 5. The monoisotopic (exact) mass is 306 g/mol. The van der Waals surface area contributed by atoms with E-state index < -0.39 is 10.0 Å². The third-order valence-corrected chi connectivity index (χ3v) is 4.78. The number of hydrogen-bond donors (Lipinski definition) is 1. The van der Waals surface area contributed by atoms with Gasteiger partial charge in [-0.2, -0.15) is 0 Å². The van der Waals surface area contributed by atoms with Gasteiger partial charge in [-0.1, -0.05) is 12.1 Å². The maximum atomic E-state index is 11.1. The summed E-state index contributed by atoms with van der Waals surface area (Å²) >= 11 is 0. The van der Waals surface area contributed by atoms with Gasteiger partial charge < -0.3 is 4.90 Å². The fourth-order valence-electron chi connectivity index (χ4n) is 2.76. The van der Waals surface area contributed by atoms with Crippen LogP contribution in [0.3, 0.4) is 0 Å². The maximum Gasteiger partial charge on any atom is 0.209 e. The Labute approximate surface area is 124 Å². The average Bonchev–Trinajstić information content (AvgIpc) is 2.46. The summed E-state index contributed by atoms with van der Waals surface area (Å²) in [6.45, 7) is 1.57. The molecule has 0 radical (unpaired) electrons. The van der Waals surface area contributed by atoms with Crippen LogP contribution in [0, 0.1) is 5.92 Å². The minimum absolute atomic E-state index is 0.0736. The third kappa shape index (κ3) is 3.48. The van der Waals surface area contributed by atoms with Gasteiger partial charge in [0.25, 0.3) is 0 Å². The second-order valence-corrected chi connectivity index (χ2v) is 7.14. The molecule has 0 amide bonds. The Morgan fingerprint density at radius 2 is 1.86 bits per heavy atom. The Morgan fingerprint density at radius 1 is 1.19 bits per heavy atom. The molecule has 0 unspecified atom stereocenters. The van der Waals surface area contributed by atoms with E-state index in [-0.39, 0.29) is 11.7 Å². The molecule has 0 spiro atoms. The second kappa shape index (κ2) is 5.57. The zero-order chi connectivity index (χ0) is 14.9. The van der Waals surface area contributed by atoms with Crippen molar-refractivity contribution >= 4 is 26.9 Å². The molecular formula is C14H18N4O2S. The molecule has 2 N–H and O–H groups in total. The number of nitrogens with two attached hydrogens (primary N) is 1. The van der Waals surface area contributed by atoms with E-state index in [4.69, 9.17) is 5.14 Å². The third-order valence-electron chi connectivity index (χ3n) is 3.84. The largest absolute Gasteiger partial charge is 0.355 e. The molecule has 1 fully saturated rings. The highest BCUT2D eigenvalue weighted by Crippen LogP contribution is 2.23. The quantitative estimate of drug-likeness (QED) is 0.918. The zero-order valence-corrected chi connectivity index (χ0v) is 12.5. The lowest BCUT2D eigenvalue weighted by Crippen LogP contribution is -2.37. The number of rotatable bonds is 3. The minimum atomic E-state index is -3.38. The summed E-state index contributed by atoms with van der Waals surface area (Å²) in [4.78, 5) is 11.2. The molecule has 1 aliphatic heterocycles. The average molecular weight is 306 g/mol. The van der Waals surface area contributed by atoms with E-state index in [2.05, 4.69) is 14.9 Å². The molecule has 0 saturated carbocycles. The number of nitrogens with zero attached hydrogens (tertiary/aromatic N) is 3. The Hall–Kier alpha value is -1.73. The highest BCUT2D eigenvalue weighted by Gasteiger charge is 2.23. The summed E-state index contributed by atoms with van der Waals surface area (Å²) in [6, 6.07) is 7.76. The van der Waals surface area contributed by atoms with Crippen LogP contribution in [0.1, 0.15) is 12.8 Å². The number of primary sulfonamides is 1. The first-order valence-electron chi connectivity index (χ1n) is 6.98. The molecule has 2 aromatic rings. The second-order valence-electron chi connectivity index (χ2n) is 5.48. The van der Waals surface area contributed by atoms with Crippen molar-refractivity contribution in [1.82, 2.24) is 9.97 Å². The van der Waals surface area contributed by atoms with Crippen LogP contribution < -0.4 is 10.0 Å². The first-order chi connectivity index (χ1) is 10.0. The lowest BCUT2D eigenvalue weighted by molar-refractivity contribution is 0.434. The number of sulfonamides is 1. The topological polar surface area (TPSA) is 89.2 Å². The van der Waals surface area contributed by atoms with E-state index in [0.717, 1.165) is 42.8 Å². The van der Waals surface area contributed by atoms with Crippen molar-refractivity contribution in [3.63, 3.8) is 0 Å². The number of piperidine rings is 1. The van der Waals surface area contributed by atoms with Gasteiger partial charge in [0.05, 0.1) is 23.0 Å². The van der Waals surface area contributed by atoms with Gasteiger partial charge >= 0.3 is 0 Å². The Morgan fingerprint density at radius 3 is 2.52 bits per heavy atom. The molecule has 1 aliphatic rings. The van der Waals surface area contributed by atoms with Crippen molar-refractivity contribution < 1.29 is 8.42 Å². The van der Waals surface area contributed by atoms with E-state index in [1.165, 1.54) is 0 Å². The molecule has 6 nitrogen and oxygen atoms in total. The van der Waals surface area contributed by atoms with Gasteiger partial charge in [-0.25, -0.2) is 18.5 Å². The van der Waals surface area contributed by atoms with E-state index in [0.29, 0.717) is 0 Å². The fraction of sp³-hybridized carbons (Fsp3) is 0.429. The van der Waals surface area contributed by atoms with Crippen molar-refractivity contribution in [3.8, 4) is 0 Å². The summed E-state index contributed by atoms with van der Waals surface area (Å²) in [7, 11) is -3.38. The maximum absolute atomic E-state index is 11.1. The Balaban J connectivity index is 1.71. The zero-order valence-electron chi connectivity index (χ0n) is 11.6. The predicted molar refractivity (Wildman–Crippen MR) is 82.4 cm³/mol. The Bertz CT molecular complexity index is 739. The van der Waals surface area contributed by atoms with Crippen LogP contribution in [0.4, 0.5) is 5.82 Å². The standard InChI is InChI=1S/C14H18N4O2S/c15-21(19,20)10-11-5-7-18(8-6-11)14-9-16-12-3-1-2-4-13(12)17-14/h1-4,9,11H,5-8,10H2,(H2,15,19,20). The minimum Gasteiger partial charge on any atom is -0.355 e. The Kier molecular flexibility index (Phi) is 3.77. The number of aromatic nitrogens is 2. The molecule has 1 aromatic carbocycles. The molecule has 3 rings (SSSR count). The van der Waals surface area contributed by atoms with Crippen molar-refractivity contribution in [2.45, 2.75) is 12.8 Å². The van der Waals surface area contributed by atoms with Crippen LogP contribution >= 0.6 is 0 Å². The summed E-state index contributed by atoms with van der Waals surface area (Å²) in [5.41, 5.74) is 1.76. The van der Waals surface area contributed by atoms with Gasteiger partial charge in [0, 0.05) is 13.1 Å². The van der Waals surface area contributed by atoms with E-state index in [9.17, 15) is 8.42 Å². The first-order valence-corrected chi connectivity index (χ1v) is 8.70. The van der Waals surface area contributed by atoms with E-state index in [1.54, 1.807) is 6.20 Å². The number of benzene rings is 1. The van der Waals surface area contributed by atoms with Crippen LogP contribution in [0.25, 0.3) is 11.0 Å². The molecule has 0 atom stereocenters. The molecule has 1 aromatic heterocycles. The van der Waals surface area contributed by atoms with Crippen LogP contribution in [0.15, 0.2) is 30.5 Å². The van der Waals surface area contributed by atoms with Crippen molar-refractivity contribution in [2.75, 3.05) is 23.7 Å². The lowest BCUT2D eigenvalue weighted by Gasteiger charge is -2.32. The summed E-state index contributed by atoms with van der Waals surface area (Å²) in [5.74, 6) is 1.07. The number of anilines is 1. The van der Waals surface area contributed by atoms with Crippen molar-refractivity contribution in [3.05, 3.63) is 30.5 Å². The summed E-state index contributed by atoms with van der Waals surface area (Å²) in [5, 5.41) is 5.11. The molecule has 0 bridgehead atoms. The predicted octanol–water partition coefficient (Wildman–Crippen LogP) is 1.13. The van der Waals surface area contributed by atoms with Gasteiger partial charge in [-0.3, -0.25) is 4.98 Å². The normalized spacial score (nSPS) is 17.3. The lowest BCUT2D eigenvalue weighted by atomic mass is 9.99. The molecule has 0 aliphatic carbocycles. The van der Waals surface area contributed by atoms with E-state index in [1.807, 2.05) is 24.3 Å². The smallest absolute Gasteiger partial charge is 0.209 e. The summed E-state index contributed by atoms with van der Waals surface area (Å²) < 4.78 is 22.3. The van der Waals surface area contributed by atoms with Crippen molar-refractivity contribution in [2.24, 2.45) is 11.1 Å². The fourth-order valence-corrected chi connectivity index (χ4v) is 3.75. The van der Waals surface area contributed by atoms with Gasteiger partial charge in [0.15, 0.2) is 0 Å². The molecule has 112 valence electrons. The summed E-state index contributed by atoms with van der Waals surface area (Å²) in [6.07, 6.45) is 3.40. The molecule has 7 heteroatoms. The van der Waals surface area contributed by atoms with Gasteiger partial charge in [0.2, 0.25) is 10.0 Å². The molecule has 1 saturated heterocycles. The van der Waals surface area contributed by atoms with Crippen LogP contribution in [-0.4, -0.2) is 37.2 Å². The highest BCUT2D eigenvalue weighted by molar-refractivity contribution is 7.89. The van der Waals surface area contributed by atoms with Gasteiger partial charge in [-0.05, 0) is 30.9 Å². The van der Waals surface area contributed by atoms with E-state index >= 15 is 0 Å². The van der Waals surface area contributed by atoms with Gasteiger partial charge in [0.1, 0.15) is 5.82 Å². The first kappa shape index (κ1) is 14.2. The van der Waals surface area contributed by atoms with Gasteiger partial charge in [-0.15, -0.1) is 0 Å². The molecule has 21 heavy (non-hydrogen) atoms. The SMILES string of the molecule is NS(=O)(=O)CC1CCN(c2cnc3ccccc3n2)CC1. The molecular weight excluding hydrogens is 288 g/mol. The molecule has 2 heterocycles. The van der Waals surface area contributed by atoms with Crippen LogP contribution in [0.5, 0.6) is 0 Å². The number of fused-ring (bicyclic) bond motifs is 1. The van der Waals surface area contributed by atoms with Crippen LogP contribution in [-0.2, 0) is 10.0 Å². The van der Waals surface area contributed by atoms with Crippen molar-refractivity contribution in [1.29, 1.82) is 0 Å². The highest BCUT2D eigenvalue weighted by atomic mass is 32.2. The van der Waals surface area contributed by atoms with Crippen LogP contribution in [0.2, 0.25) is 0 Å². The number of para-hydroxylation sites is 2.